The number of carbonyl (C=O) groups excluding carboxylic acids is 3. The Kier molecular flexibility index (Phi) is 8.27. The topological polar surface area (TPSA) is 84.9 Å². The largest absolute Gasteiger partial charge is 0.490 e. The van der Waals surface area contributed by atoms with Gasteiger partial charge in [0.2, 0.25) is 0 Å². The van der Waals surface area contributed by atoms with Gasteiger partial charge in [-0.15, -0.1) is 0 Å². The number of hydrogen-bond donors (Lipinski definition) is 1. The highest BCUT2D eigenvalue weighted by Gasteiger charge is 2.37. The smallest absolute Gasteiger partial charge is 0.335 e. The molecule has 1 N–H and O–H groups in total. The number of ether oxygens (including phenoxy) is 2. The van der Waals surface area contributed by atoms with E-state index in [-0.39, 0.29) is 5.57 Å². The van der Waals surface area contributed by atoms with Crippen molar-refractivity contribution in [1.82, 2.24) is 5.32 Å². The molecule has 37 heavy (non-hydrogen) atoms. The molecule has 0 aliphatic carbocycles. The monoisotopic (exact) mass is 610 g/mol. The van der Waals surface area contributed by atoms with Crippen LogP contribution in [-0.2, 0) is 22.6 Å². The van der Waals surface area contributed by atoms with Gasteiger partial charge in [0, 0.05) is 0 Å². The number of nitrogens with zero attached hydrogens (tertiary/aromatic N) is 1. The maximum absolute atomic E-state index is 13.4. The highest BCUT2D eigenvalue weighted by atomic mass is 127. The number of anilines is 1. The number of aryl methyl sites for hydroxylation is 2. The Morgan fingerprint density at radius 2 is 1.70 bits per heavy atom. The molecule has 0 spiro atoms. The van der Waals surface area contributed by atoms with E-state index in [9.17, 15) is 14.4 Å². The number of benzene rings is 3. The molecule has 0 radical (unpaired) electrons. The van der Waals surface area contributed by atoms with Crippen molar-refractivity contribution in [3.63, 3.8) is 0 Å². The fourth-order valence-corrected chi connectivity index (χ4v) is 4.77. The summed E-state index contributed by atoms with van der Waals surface area (Å²) in [5.74, 6) is -0.338. The summed E-state index contributed by atoms with van der Waals surface area (Å²) < 4.78 is 12.7. The number of urea groups is 1. The number of imide groups is 2. The van der Waals surface area contributed by atoms with Gasteiger partial charge in [0.25, 0.3) is 11.8 Å². The molecule has 4 amide bonds. The fraction of sp³-hybridized carbons (Fsp3) is 0.207. The summed E-state index contributed by atoms with van der Waals surface area (Å²) in [6.07, 6.45) is 2.10. The first kappa shape index (κ1) is 26.4. The van der Waals surface area contributed by atoms with Crippen molar-refractivity contribution in [3.05, 3.63) is 92.1 Å². The van der Waals surface area contributed by atoms with E-state index in [2.05, 4.69) is 27.9 Å². The zero-order chi connectivity index (χ0) is 26.5. The van der Waals surface area contributed by atoms with Gasteiger partial charge >= 0.3 is 6.03 Å². The normalized spacial score (nSPS) is 14.6. The molecule has 3 aromatic rings. The van der Waals surface area contributed by atoms with Crippen LogP contribution in [-0.4, -0.2) is 24.5 Å². The molecule has 0 aromatic heterocycles. The van der Waals surface area contributed by atoms with E-state index in [1.807, 2.05) is 63.2 Å². The van der Waals surface area contributed by atoms with Gasteiger partial charge in [-0.25, -0.2) is 9.69 Å². The molecule has 0 bridgehead atoms. The minimum absolute atomic E-state index is 0.142. The highest BCUT2D eigenvalue weighted by Crippen LogP contribution is 2.36. The Bertz CT molecular complexity index is 1380. The van der Waals surface area contributed by atoms with Crippen LogP contribution in [0.4, 0.5) is 10.5 Å². The van der Waals surface area contributed by atoms with Gasteiger partial charge in [0.15, 0.2) is 11.5 Å². The molecule has 1 heterocycles. The van der Waals surface area contributed by atoms with Crippen LogP contribution in [0.3, 0.4) is 0 Å². The van der Waals surface area contributed by atoms with E-state index in [1.54, 1.807) is 18.2 Å². The van der Waals surface area contributed by atoms with Gasteiger partial charge in [-0.3, -0.25) is 14.9 Å². The lowest BCUT2D eigenvalue weighted by atomic mass is 10.0. The zero-order valence-electron chi connectivity index (χ0n) is 20.8. The quantitative estimate of drug-likeness (QED) is 0.198. The standard InChI is InChI=1S/C29H27IN2O5/c1-4-21-8-6-7-9-24(21)32-28(34)22(27(33)31-29(32)35)14-20-15-23(30)26(25(16-20)36-5-2)37-17-19-12-10-18(3)11-13-19/h6-16H,4-5,17H2,1-3H3,(H,31,33,35)/b22-14-. The Labute approximate surface area is 229 Å². The summed E-state index contributed by atoms with van der Waals surface area (Å²) in [6.45, 7) is 6.61. The first-order chi connectivity index (χ1) is 17.8. The van der Waals surface area contributed by atoms with Crippen molar-refractivity contribution in [2.45, 2.75) is 33.8 Å². The molecule has 0 saturated carbocycles. The van der Waals surface area contributed by atoms with Crippen LogP contribution >= 0.6 is 22.6 Å². The van der Waals surface area contributed by atoms with Crippen LogP contribution in [0.15, 0.2) is 66.2 Å². The average Bonchev–Trinajstić information content (AvgIpc) is 2.87. The second kappa shape index (κ2) is 11.6. The third-order valence-corrected chi connectivity index (χ3v) is 6.66. The number of rotatable bonds is 8. The number of hydrogen-bond acceptors (Lipinski definition) is 5. The molecule has 8 heteroatoms. The van der Waals surface area contributed by atoms with Gasteiger partial charge in [-0.05, 0) is 83.8 Å². The summed E-state index contributed by atoms with van der Waals surface area (Å²) in [7, 11) is 0. The van der Waals surface area contributed by atoms with Crippen molar-refractivity contribution >= 4 is 52.2 Å². The van der Waals surface area contributed by atoms with Gasteiger partial charge in [-0.2, -0.15) is 0 Å². The van der Waals surface area contributed by atoms with E-state index in [4.69, 9.17) is 9.47 Å². The number of carbonyl (C=O) groups is 3. The van der Waals surface area contributed by atoms with Crippen molar-refractivity contribution in [1.29, 1.82) is 0 Å². The minimum atomic E-state index is -0.766. The van der Waals surface area contributed by atoms with Crippen LogP contribution < -0.4 is 19.7 Å². The predicted octanol–water partition coefficient (Wildman–Crippen LogP) is 5.81. The summed E-state index contributed by atoms with van der Waals surface area (Å²) in [5.41, 5.74) is 3.91. The molecule has 1 fully saturated rings. The maximum atomic E-state index is 13.4. The van der Waals surface area contributed by atoms with Crippen LogP contribution in [0.2, 0.25) is 0 Å². The van der Waals surface area contributed by atoms with E-state index >= 15 is 0 Å². The third-order valence-electron chi connectivity index (χ3n) is 5.86. The molecule has 4 rings (SSSR count). The van der Waals surface area contributed by atoms with Crippen molar-refractivity contribution in [2.24, 2.45) is 0 Å². The Morgan fingerprint density at radius 1 is 0.973 bits per heavy atom. The third kappa shape index (κ3) is 5.85. The van der Waals surface area contributed by atoms with Crippen LogP contribution in [0.25, 0.3) is 6.08 Å². The molecule has 1 saturated heterocycles. The molecule has 7 nitrogen and oxygen atoms in total. The summed E-state index contributed by atoms with van der Waals surface area (Å²) in [5, 5.41) is 2.29. The predicted molar refractivity (Wildman–Crippen MR) is 151 cm³/mol. The molecule has 1 aliphatic rings. The first-order valence-electron chi connectivity index (χ1n) is 12.0. The SMILES string of the molecule is CCOc1cc(/C=C2/C(=O)NC(=O)N(c3ccccc3CC)C2=O)cc(I)c1OCc1ccc(C)cc1. The van der Waals surface area contributed by atoms with E-state index < -0.39 is 17.8 Å². The molecular formula is C29H27IN2O5. The molecular weight excluding hydrogens is 583 g/mol. The lowest BCUT2D eigenvalue weighted by Crippen LogP contribution is -2.54. The summed E-state index contributed by atoms with van der Waals surface area (Å²) in [4.78, 5) is 39.7. The van der Waals surface area contributed by atoms with Gasteiger partial charge in [0.1, 0.15) is 12.2 Å². The molecule has 0 atom stereocenters. The molecule has 1 aliphatic heterocycles. The summed E-state index contributed by atoms with van der Waals surface area (Å²) >= 11 is 2.15. The molecule has 0 unspecified atom stereocenters. The van der Waals surface area contributed by atoms with Crippen molar-refractivity contribution in [3.8, 4) is 11.5 Å². The highest BCUT2D eigenvalue weighted by molar-refractivity contribution is 14.1. The second-order valence-electron chi connectivity index (χ2n) is 8.48. The van der Waals surface area contributed by atoms with Crippen molar-refractivity contribution < 1.29 is 23.9 Å². The van der Waals surface area contributed by atoms with Crippen LogP contribution in [0.5, 0.6) is 11.5 Å². The minimum Gasteiger partial charge on any atom is -0.490 e. The van der Waals surface area contributed by atoms with E-state index in [1.165, 1.54) is 11.6 Å². The lowest BCUT2D eigenvalue weighted by molar-refractivity contribution is -0.122. The summed E-state index contributed by atoms with van der Waals surface area (Å²) in [6, 6.07) is 18.0. The van der Waals surface area contributed by atoms with E-state index in [0.717, 1.165) is 19.6 Å². The van der Waals surface area contributed by atoms with Crippen molar-refractivity contribution in [2.75, 3.05) is 11.5 Å². The number of para-hydroxylation sites is 1. The maximum Gasteiger partial charge on any atom is 0.335 e. The number of barbiturate groups is 1. The zero-order valence-corrected chi connectivity index (χ0v) is 23.0. The Morgan fingerprint density at radius 3 is 2.41 bits per heavy atom. The van der Waals surface area contributed by atoms with Crippen LogP contribution in [0, 0.1) is 10.5 Å². The van der Waals surface area contributed by atoms with Gasteiger partial charge in [-0.1, -0.05) is 55.0 Å². The Balaban J connectivity index is 1.67. The lowest BCUT2D eigenvalue weighted by Gasteiger charge is -2.28. The fourth-order valence-electron chi connectivity index (χ4n) is 3.98. The Hall–Kier alpha value is -3.66. The number of nitrogens with one attached hydrogen (secondary N) is 1. The van der Waals surface area contributed by atoms with Crippen LogP contribution in [0.1, 0.15) is 36.1 Å². The van der Waals surface area contributed by atoms with E-state index in [0.29, 0.717) is 42.4 Å². The molecule has 3 aromatic carbocycles. The number of halogens is 1. The number of amides is 4. The molecule has 190 valence electrons. The van der Waals surface area contributed by atoms with Gasteiger partial charge in [0.05, 0.1) is 15.9 Å². The van der Waals surface area contributed by atoms with Gasteiger partial charge < -0.3 is 9.47 Å². The average molecular weight is 610 g/mol. The first-order valence-corrected chi connectivity index (χ1v) is 13.0. The second-order valence-corrected chi connectivity index (χ2v) is 9.64.